The maximum absolute atomic E-state index is 13.8. The minimum Gasteiger partial charge on any atom is -0.460 e. The van der Waals surface area contributed by atoms with Gasteiger partial charge in [-0.25, -0.2) is 9.18 Å². The number of carbonyl (C=O) groups excluding carboxylic acids is 1. The van der Waals surface area contributed by atoms with E-state index in [4.69, 9.17) is 13.9 Å². The lowest BCUT2D eigenvalue weighted by atomic mass is 10.0. The molecule has 5 nitrogen and oxygen atoms in total. The van der Waals surface area contributed by atoms with Crippen LogP contribution in [0, 0.1) is 5.82 Å². The van der Waals surface area contributed by atoms with E-state index >= 15 is 0 Å². The molecule has 4 rings (SSSR count). The van der Waals surface area contributed by atoms with Gasteiger partial charge < -0.3 is 13.9 Å². The van der Waals surface area contributed by atoms with E-state index in [1.54, 1.807) is 6.07 Å². The Labute approximate surface area is 177 Å². The summed E-state index contributed by atoms with van der Waals surface area (Å²) in [6.45, 7) is 4.07. The molecule has 0 saturated heterocycles. The number of para-hydroxylation sites is 1. The summed E-state index contributed by atoms with van der Waals surface area (Å²) < 4.78 is 30.4. The molecule has 0 spiro atoms. The summed E-state index contributed by atoms with van der Waals surface area (Å²) in [7, 11) is 0. The summed E-state index contributed by atoms with van der Waals surface area (Å²) in [5.74, 6) is -0.539. The molecule has 1 heterocycles. The van der Waals surface area contributed by atoms with Crippen LogP contribution in [0.25, 0.3) is 11.0 Å². The van der Waals surface area contributed by atoms with Crippen molar-refractivity contribution in [3.05, 3.63) is 100 Å². The molecule has 0 atom stereocenters. The van der Waals surface area contributed by atoms with E-state index in [0.717, 1.165) is 5.56 Å². The molecular weight excluding hydrogens is 399 g/mol. The lowest BCUT2D eigenvalue weighted by Gasteiger charge is -2.13. The van der Waals surface area contributed by atoms with Crippen molar-refractivity contribution in [3.8, 4) is 17.2 Å². The molecule has 31 heavy (non-hydrogen) atoms. The lowest BCUT2D eigenvalue weighted by Crippen LogP contribution is -2.11. The molecular formula is C25H19FO5. The second-order valence-electron chi connectivity index (χ2n) is 7.25. The van der Waals surface area contributed by atoms with Crippen LogP contribution in [0.5, 0.6) is 17.2 Å². The average Bonchev–Trinajstić information content (AvgIpc) is 2.76. The molecule has 1 aromatic heterocycles. The van der Waals surface area contributed by atoms with Crippen molar-refractivity contribution in [1.29, 1.82) is 0 Å². The maximum atomic E-state index is 13.8. The quantitative estimate of drug-likeness (QED) is 0.291. The average molecular weight is 418 g/mol. The molecule has 0 amide bonds. The van der Waals surface area contributed by atoms with Crippen molar-refractivity contribution in [2.75, 3.05) is 0 Å². The Kier molecular flexibility index (Phi) is 5.54. The summed E-state index contributed by atoms with van der Waals surface area (Å²) in [6.07, 6.45) is 1.23. The van der Waals surface area contributed by atoms with Crippen molar-refractivity contribution in [2.24, 2.45) is 0 Å². The van der Waals surface area contributed by atoms with Gasteiger partial charge in [-0.1, -0.05) is 44.2 Å². The van der Waals surface area contributed by atoms with Crippen molar-refractivity contribution >= 4 is 16.9 Å². The summed E-state index contributed by atoms with van der Waals surface area (Å²) in [5.41, 5.74) is 0.647. The number of hydrogen-bond donors (Lipinski definition) is 0. The molecule has 3 aromatic carbocycles. The second-order valence-corrected chi connectivity index (χ2v) is 7.25. The standard InChI is InChI=1S/C25H19FO5/c1-15(2)17-7-4-6-10-21(17)31-23-14-29-22-13-16(11-12-19(22)24(23)27)30-25(28)18-8-3-5-9-20(18)26/h3-15H,1-2H3. The number of benzene rings is 3. The van der Waals surface area contributed by atoms with E-state index in [1.165, 1.54) is 48.7 Å². The number of carbonyl (C=O) groups is 1. The van der Waals surface area contributed by atoms with E-state index in [9.17, 15) is 14.0 Å². The fourth-order valence-corrected chi connectivity index (χ4v) is 3.18. The first-order valence-electron chi connectivity index (χ1n) is 9.73. The fourth-order valence-electron chi connectivity index (χ4n) is 3.18. The Bertz CT molecular complexity index is 1320. The highest BCUT2D eigenvalue weighted by molar-refractivity contribution is 5.92. The van der Waals surface area contributed by atoms with E-state index < -0.39 is 11.8 Å². The van der Waals surface area contributed by atoms with Gasteiger partial charge >= 0.3 is 5.97 Å². The van der Waals surface area contributed by atoms with Gasteiger partial charge in [0.15, 0.2) is 0 Å². The molecule has 0 bridgehead atoms. The topological polar surface area (TPSA) is 65.7 Å². The zero-order valence-corrected chi connectivity index (χ0v) is 16.9. The smallest absolute Gasteiger partial charge is 0.346 e. The van der Waals surface area contributed by atoms with Crippen molar-refractivity contribution < 1.29 is 23.1 Å². The van der Waals surface area contributed by atoms with Gasteiger partial charge in [0.05, 0.1) is 10.9 Å². The third-order valence-corrected chi connectivity index (χ3v) is 4.78. The van der Waals surface area contributed by atoms with Crippen LogP contribution < -0.4 is 14.9 Å². The molecule has 0 saturated carbocycles. The predicted molar refractivity (Wildman–Crippen MR) is 114 cm³/mol. The molecule has 6 heteroatoms. The zero-order valence-electron chi connectivity index (χ0n) is 16.9. The Morgan fingerprint density at radius 1 is 0.968 bits per heavy atom. The van der Waals surface area contributed by atoms with E-state index in [1.807, 2.05) is 32.0 Å². The number of ether oxygens (including phenoxy) is 2. The summed E-state index contributed by atoms with van der Waals surface area (Å²) >= 11 is 0. The number of rotatable bonds is 5. The fraction of sp³-hybridized carbons (Fsp3) is 0.120. The van der Waals surface area contributed by atoms with Crippen LogP contribution in [0.15, 0.2) is 82.2 Å². The van der Waals surface area contributed by atoms with E-state index in [-0.39, 0.29) is 39.4 Å². The van der Waals surface area contributed by atoms with Crippen LogP contribution in [0.3, 0.4) is 0 Å². The Morgan fingerprint density at radius 2 is 1.71 bits per heavy atom. The molecule has 0 aliphatic carbocycles. The van der Waals surface area contributed by atoms with Gasteiger partial charge in [0.2, 0.25) is 11.2 Å². The van der Waals surface area contributed by atoms with Gasteiger partial charge in [0, 0.05) is 6.07 Å². The highest BCUT2D eigenvalue weighted by Gasteiger charge is 2.16. The van der Waals surface area contributed by atoms with Crippen LogP contribution in [0.2, 0.25) is 0 Å². The van der Waals surface area contributed by atoms with Gasteiger partial charge in [-0.3, -0.25) is 4.79 Å². The number of fused-ring (bicyclic) bond motifs is 1. The summed E-state index contributed by atoms with van der Waals surface area (Å²) in [6, 6.07) is 17.3. The van der Waals surface area contributed by atoms with Gasteiger partial charge in [-0.15, -0.1) is 0 Å². The first kappa shape index (κ1) is 20.3. The predicted octanol–water partition coefficient (Wildman–Crippen LogP) is 6.07. The molecule has 0 aliphatic heterocycles. The number of halogens is 1. The molecule has 0 radical (unpaired) electrons. The summed E-state index contributed by atoms with van der Waals surface area (Å²) in [5, 5.41) is 0.269. The molecule has 0 N–H and O–H groups in total. The molecule has 0 unspecified atom stereocenters. The van der Waals surface area contributed by atoms with Crippen LogP contribution in [-0.4, -0.2) is 5.97 Å². The molecule has 0 aliphatic rings. The van der Waals surface area contributed by atoms with Gasteiger partial charge in [-0.05, 0) is 41.8 Å². The minimum absolute atomic E-state index is 0.0525. The van der Waals surface area contributed by atoms with Crippen molar-refractivity contribution in [1.82, 2.24) is 0 Å². The highest BCUT2D eigenvalue weighted by Crippen LogP contribution is 2.30. The highest BCUT2D eigenvalue weighted by atomic mass is 19.1. The van der Waals surface area contributed by atoms with Crippen LogP contribution in [0.4, 0.5) is 4.39 Å². The Hall–Kier alpha value is -3.93. The van der Waals surface area contributed by atoms with Gasteiger partial charge in [-0.2, -0.15) is 0 Å². The Balaban J connectivity index is 1.62. The second kappa shape index (κ2) is 8.44. The molecule has 156 valence electrons. The first-order valence-corrected chi connectivity index (χ1v) is 9.73. The normalized spacial score (nSPS) is 11.0. The van der Waals surface area contributed by atoms with Crippen LogP contribution in [-0.2, 0) is 0 Å². The van der Waals surface area contributed by atoms with Crippen LogP contribution >= 0.6 is 0 Å². The molecule has 4 aromatic rings. The monoisotopic (exact) mass is 418 g/mol. The lowest BCUT2D eigenvalue weighted by molar-refractivity contribution is 0.0730. The Morgan fingerprint density at radius 3 is 2.48 bits per heavy atom. The molecule has 0 fully saturated rings. The number of hydrogen-bond acceptors (Lipinski definition) is 5. The van der Waals surface area contributed by atoms with E-state index in [0.29, 0.717) is 5.75 Å². The van der Waals surface area contributed by atoms with Crippen molar-refractivity contribution in [3.63, 3.8) is 0 Å². The third kappa shape index (κ3) is 4.19. The summed E-state index contributed by atoms with van der Waals surface area (Å²) in [4.78, 5) is 25.1. The largest absolute Gasteiger partial charge is 0.460 e. The zero-order chi connectivity index (χ0) is 22.0. The van der Waals surface area contributed by atoms with E-state index in [2.05, 4.69) is 0 Å². The van der Waals surface area contributed by atoms with Gasteiger partial charge in [0.25, 0.3) is 0 Å². The van der Waals surface area contributed by atoms with Crippen molar-refractivity contribution in [2.45, 2.75) is 19.8 Å². The SMILES string of the molecule is CC(C)c1ccccc1Oc1coc2cc(OC(=O)c3ccccc3F)ccc2c1=O. The third-order valence-electron chi connectivity index (χ3n) is 4.78. The van der Waals surface area contributed by atoms with Gasteiger partial charge in [0.1, 0.15) is 29.2 Å². The minimum atomic E-state index is -0.843. The first-order chi connectivity index (χ1) is 14.9. The maximum Gasteiger partial charge on any atom is 0.346 e. The van der Waals surface area contributed by atoms with Crippen LogP contribution in [0.1, 0.15) is 35.7 Å². The number of esters is 1.